The smallest absolute Gasteiger partial charge is 0.329 e. The molecule has 0 aromatic rings. The number of carboxylic acids is 1. The van der Waals surface area contributed by atoms with Gasteiger partial charge in [-0.15, -0.1) is 0 Å². The lowest BCUT2D eigenvalue weighted by molar-refractivity contribution is -0.142. The molecule has 0 aliphatic carbocycles. The molecule has 0 spiro atoms. The summed E-state index contributed by atoms with van der Waals surface area (Å²) < 4.78 is 4.87. The van der Waals surface area contributed by atoms with E-state index in [1.807, 2.05) is 7.05 Å². The van der Waals surface area contributed by atoms with Crippen LogP contribution in [0.1, 0.15) is 13.8 Å². The van der Waals surface area contributed by atoms with Gasteiger partial charge in [-0.25, -0.2) is 4.79 Å². The molecule has 4 heteroatoms. The van der Waals surface area contributed by atoms with Crippen LogP contribution in [-0.2, 0) is 9.53 Å². The van der Waals surface area contributed by atoms with E-state index in [-0.39, 0.29) is 6.61 Å². The van der Waals surface area contributed by atoms with Crippen molar-refractivity contribution in [3.8, 4) is 0 Å². The van der Waals surface area contributed by atoms with E-state index in [1.165, 1.54) is 0 Å². The third kappa shape index (κ3) is 6.12. The summed E-state index contributed by atoms with van der Waals surface area (Å²) in [5.74, 6) is -0.915. The lowest BCUT2D eigenvalue weighted by atomic mass is 10.3. The van der Waals surface area contributed by atoms with Crippen molar-refractivity contribution in [1.82, 2.24) is 4.90 Å². The van der Waals surface area contributed by atoms with Gasteiger partial charge < -0.3 is 14.7 Å². The van der Waals surface area contributed by atoms with Crippen LogP contribution in [0.15, 0.2) is 0 Å². The number of ether oxygens (including phenoxy) is 1. The number of hydrogen-bond acceptors (Lipinski definition) is 3. The zero-order valence-corrected chi connectivity index (χ0v) is 7.91. The lowest BCUT2D eigenvalue weighted by Crippen LogP contribution is -2.30. The highest BCUT2D eigenvalue weighted by Crippen LogP contribution is 1.91. The van der Waals surface area contributed by atoms with Crippen molar-refractivity contribution in [1.29, 1.82) is 0 Å². The molecule has 0 unspecified atom stereocenters. The van der Waals surface area contributed by atoms with Crippen LogP contribution in [0.2, 0.25) is 0 Å². The molecular formula is C8H17NO3. The van der Waals surface area contributed by atoms with E-state index in [1.54, 1.807) is 0 Å². The molecule has 0 saturated carbocycles. The molecule has 1 N–H and O–H groups in total. The van der Waals surface area contributed by atoms with Gasteiger partial charge in [-0.2, -0.15) is 0 Å². The Labute approximate surface area is 73.1 Å². The lowest BCUT2D eigenvalue weighted by Gasteiger charge is -2.20. The zero-order chi connectivity index (χ0) is 9.56. The fraction of sp³-hybridized carbons (Fsp3) is 0.875. The number of carboxylic acid groups (broad SMARTS) is 1. The highest BCUT2D eigenvalue weighted by atomic mass is 16.5. The summed E-state index contributed by atoms with van der Waals surface area (Å²) in [6, 6.07) is 0.471. The van der Waals surface area contributed by atoms with Crippen molar-refractivity contribution in [2.75, 3.05) is 26.8 Å². The van der Waals surface area contributed by atoms with Crippen molar-refractivity contribution in [3.05, 3.63) is 0 Å². The molecule has 0 radical (unpaired) electrons. The normalized spacial score (nSPS) is 11.1. The monoisotopic (exact) mass is 175 g/mol. The van der Waals surface area contributed by atoms with Crippen molar-refractivity contribution < 1.29 is 14.6 Å². The Kier molecular flexibility index (Phi) is 5.66. The molecule has 72 valence electrons. The highest BCUT2D eigenvalue weighted by molar-refractivity contribution is 5.67. The molecule has 0 atom stereocenters. The predicted molar refractivity (Wildman–Crippen MR) is 46.2 cm³/mol. The van der Waals surface area contributed by atoms with E-state index in [0.717, 1.165) is 6.54 Å². The second-order valence-electron chi connectivity index (χ2n) is 3.02. The van der Waals surface area contributed by atoms with Gasteiger partial charge in [0.05, 0.1) is 6.61 Å². The molecule has 4 nitrogen and oxygen atoms in total. The highest BCUT2D eigenvalue weighted by Gasteiger charge is 2.02. The van der Waals surface area contributed by atoms with Crippen molar-refractivity contribution in [3.63, 3.8) is 0 Å². The average Bonchev–Trinajstić information content (AvgIpc) is 1.97. The zero-order valence-electron chi connectivity index (χ0n) is 7.91. The second-order valence-corrected chi connectivity index (χ2v) is 3.02. The van der Waals surface area contributed by atoms with E-state index < -0.39 is 5.97 Å². The first-order valence-corrected chi connectivity index (χ1v) is 4.03. The SMILES string of the molecule is CC(C)N(C)CCOCC(=O)O. The molecule has 12 heavy (non-hydrogen) atoms. The van der Waals surface area contributed by atoms with Gasteiger partial charge in [0.1, 0.15) is 6.61 Å². The summed E-state index contributed by atoms with van der Waals surface area (Å²) in [4.78, 5) is 12.1. The molecule has 0 heterocycles. The Morgan fingerprint density at radius 1 is 1.58 bits per heavy atom. The maximum atomic E-state index is 10.0. The number of carbonyl (C=O) groups is 1. The van der Waals surface area contributed by atoms with Gasteiger partial charge >= 0.3 is 5.97 Å². The van der Waals surface area contributed by atoms with E-state index in [0.29, 0.717) is 12.6 Å². The van der Waals surface area contributed by atoms with Gasteiger partial charge in [0.2, 0.25) is 0 Å². The van der Waals surface area contributed by atoms with Gasteiger partial charge in [0, 0.05) is 12.6 Å². The van der Waals surface area contributed by atoms with E-state index >= 15 is 0 Å². The van der Waals surface area contributed by atoms with Crippen LogP contribution in [-0.4, -0.2) is 48.8 Å². The van der Waals surface area contributed by atoms with Gasteiger partial charge in [-0.05, 0) is 20.9 Å². The molecule has 0 aliphatic heterocycles. The fourth-order valence-electron chi connectivity index (χ4n) is 0.626. The summed E-state index contributed by atoms with van der Waals surface area (Å²) in [6.07, 6.45) is 0. The number of nitrogens with zero attached hydrogens (tertiary/aromatic N) is 1. The molecule has 0 saturated heterocycles. The minimum Gasteiger partial charge on any atom is -0.480 e. The third-order valence-corrected chi connectivity index (χ3v) is 1.70. The number of aliphatic carboxylic acids is 1. The molecular weight excluding hydrogens is 158 g/mol. The minimum atomic E-state index is -0.915. The Morgan fingerprint density at radius 3 is 2.58 bits per heavy atom. The van der Waals surface area contributed by atoms with Crippen LogP contribution in [0.4, 0.5) is 0 Å². The van der Waals surface area contributed by atoms with Crippen LogP contribution in [0, 0.1) is 0 Å². The van der Waals surface area contributed by atoms with Crippen LogP contribution in [0.25, 0.3) is 0 Å². The van der Waals surface area contributed by atoms with Crippen molar-refractivity contribution >= 4 is 5.97 Å². The Morgan fingerprint density at radius 2 is 2.17 bits per heavy atom. The Hall–Kier alpha value is -0.610. The van der Waals surface area contributed by atoms with Crippen LogP contribution >= 0.6 is 0 Å². The van der Waals surface area contributed by atoms with Gasteiger partial charge in [-0.1, -0.05) is 0 Å². The summed E-state index contributed by atoms with van der Waals surface area (Å²) in [6.45, 7) is 5.20. The topological polar surface area (TPSA) is 49.8 Å². The van der Waals surface area contributed by atoms with Crippen LogP contribution < -0.4 is 0 Å². The van der Waals surface area contributed by atoms with Crippen molar-refractivity contribution in [2.45, 2.75) is 19.9 Å². The first kappa shape index (κ1) is 11.4. The number of hydrogen-bond donors (Lipinski definition) is 1. The second kappa shape index (κ2) is 5.97. The first-order chi connectivity index (χ1) is 5.54. The molecule has 0 amide bonds. The summed E-state index contributed by atoms with van der Waals surface area (Å²) in [5, 5.41) is 8.25. The standard InChI is InChI=1S/C8H17NO3/c1-7(2)9(3)4-5-12-6-8(10)11/h7H,4-6H2,1-3H3,(H,10,11). The summed E-state index contributed by atoms with van der Waals surface area (Å²) in [7, 11) is 1.98. The molecule has 0 fully saturated rings. The third-order valence-electron chi connectivity index (χ3n) is 1.70. The Bertz CT molecular complexity index is 136. The van der Waals surface area contributed by atoms with E-state index in [4.69, 9.17) is 9.84 Å². The van der Waals surface area contributed by atoms with E-state index in [9.17, 15) is 4.79 Å². The Balaban J connectivity index is 3.25. The number of likely N-dealkylation sites (N-methyl/N-ethyl adjacent to an activating group) is 1. The van der Waals surface area contributed by atoms with Gasteiger partial charge in [0.15, 0.2) is 0 Å². The molecule has 0 aliphatic rings. The fourth-order valence-corrected chi connectivity index (χ4v) is 0.626. The molecule has 0 aromatic carbocycles. The average molecular weight is 175 g/mol. The maximum absolute atomic E-state index is 10.0. The molecule has 0 rings (SSSR count). The predicted octanol–water partition coefficient (Wildman–Crippen LogP) is 0.428. The summed E-state index contributed by atoms with van der Waals surface area (Å²) in [5.41, 5.74) is 0. The first-order valence-electron chi connectivity index (χ1n) is 4.03. The van der Waals surface area contributed by atoms with Gasteiger partial charge in [0.25, 0.3) is 0 Å². The quantitative estimate of drug-likeness (QED) is 0.595. The van der Waals surface area contributed by atoms with Crippen molar-refractivity contribution in [2.24, 2.45) is 0 Å². The minimum absolute atomic E-state index is 0.202. The van der Waals surface area contributed by atoms with Crippen LogP contribution in [0.3, 0.4) is 0 Å². The maximum Gasteiger partial charge on any atom is 0.329 e. The largest absolute Gasteiger partial charge is 0.480 e. The number of rotatable bonds is 6. The molecule has 0 aromatic heterocycles. The summed E-state index contributed by atoms with van der Waals surface area (Å²) >= 11 is 0. The van der Waals surface area contributed by atoms with E-state index in [2.05, 4.69) is 18.7 Å². The molecule has 0 bridgehead atoms. The van der Waals surface area contributed by atoms with Gasteiger partial charge in [-0.3, -0.25) is 0 Å². The van der Waals surface area contributed by atoms with Crippen LogP contribution in [0.5, 0.6) is 0 Å².